The summed E-state index contributed by atoms with van der Waals surface area (Å²) in [6.45, 7) is 0. The van der Waals surface area contributed by atoms with Crippen LogP contribution in [0, 0.1) is 0 Å². The third-order valence-corrected chi connectivity index (χ3v) is 1.20. The van der Waals surface area contributed by atoms with Crippen LogP contribution >= 0.6 is 17.2 Å². The topological polar surface area (TPSA) is 101 Å². The molecule has 0 amide bonds. The summed E-state index contributed by atoms with van der Waals surface area (Å²) in [5.41, 5.74) is 0. The van der Waals surface area contributed by atoms with Gasteiger partial charge in [0.1, 0.15) is 0 Å². The average molecular weight is 396 g/mol. The molecule has 0 atom stereocenters. The quantitative estimate of drug-likeness (QED) is 0.363. The van der Waals surface area contributed by atoms with Gasteiger partial charge in [-0.15, -0.1) is 0 Å². The second kappa shape index (κ2) is 18.5. The summed E-state index contributed by atoms with van der Waals surface area (Å²) in [5.74, 6) is 0. The minimum Gasteiger partial charge on any atom is -0.820 e. The SMILES string of the molecule is [Cu+].[Cu+].[Cu+].[Cu+].[O-]P([O-])OP([O-])[O-]. The zero-order valence-corrected chi connectivity index (χ0v) is 9.70. The minimum atomic E-state index is -3.24. The van der Waals surface area contributed by atoms with Crippen LogP contribution in [0.5, 0.6) is 0 Å². The van der Waals surface area contributed by atoms with Crippen LogP contribution < -0.4 is 19.6 Å². The third kappa shape index (κ3) is 32.4. The molecule has 0 aromatic rings. The predicted octanol–water partition coefficient (Wildman–Crippen LogP) is -3.11. The maximum atomic E-state index is 9.24. The van der Waals surface area contributed by atoms with Crippen LogP contribution in [0.4, 0.5) is 0 Å². The molecule has 0 saturated heterocycles. The Kier molecular flexibility index (Phi) is 49.1. The molecule has 0 fully saturated rings. The van der Waals surface area contributed by atoms with E-state index in [1.807, 2.05) is 0 Å². The zero-order chi connectivity index (χ0) is 5.86. The van der Waals surface area contributed by atoms with Crippen LogP contribution in [0.3, 0.4) is 0 Å². The fourth-order valence-corrected chi connectivity index (χ4v) is 0.490. The Morgan fingerprint density at radius 3 is 0.818 bits per heavy atom. The summed E-state index contributed by atoms with van der Waals surface area (Å²) in [6, 6.07) is 0. The summed E-state index contributed by atoms with van der Waals surface area (Å²) < 4.78 is 3.16. The van der Waals surface area contributed by atoms with Crippen LogP contribution in [0.2, 0.25) is 0 Å². The van der Waals surface area contributed by atoms with Crippen LogP contribution in [0.25, 0.3) is 0 Å². The van der Waals surface area contributed by atoms with Gasteiger partial charge in [-0.1, -0.05) is 0 Å². The monoisotopic (exact) mass is 394 g/mol. The minimum absolute atomic E-state index is 0. The first-order valence-corrected chi connectivity index (χ1v) is 3.29. The molecule has 0 spiro atoms. The van der Waals surface area contributed by atoms with Crippen molar-refractivity contribution in [3.8, 4) is 0 Å². The van der Waals surface area contributed by atoms with Crippen molar-refractivity contribution in [3.05, 3.63) is 0 Å². The molecule has 0 radical (unpaired) electrons. The second-order valence-electron chi connectivity index (χ2n) is 0.529. The van der Waals surface area contributed by atoms with E-state index in [9.17, 15) is 19.6 Å². The number of rotatable bonds is 2. The van der Waals surface area contributed by atoms with Crippen molar-refractivity contribution in [2.75, 3.05) is 0 Å². The van der Waals surface area contributed by atoms with Crippen LogP contribution in [-0.4, -0.2) is 0 Å². The first kappa shape index (κ1) is 29.2. The maximum absolute atomic E-state index is 9.24. The van der Waals surface area contributed by atoms with E-state index in [-0.39, 0.29) is 68.3 Å². The van der Waals surface area contributed by atoms with Crippen molar-refractivity contribution < 1.29 is 92.2 Å². The standard InChI is InChI=1S/4Cu.O5P2/c;;;;1-6(2)5-7(3)4/q4*+1;-4. The predicted molar refractivity (Wildman–Crippen MR) is 14.9 cm³/mol. The van der Waals surface area contributed by atoms with E-state index in [2.05, 4.69) is 4.31 Å². The normalized spacial score (nSPS) is 7.09. The van der Waals surface area contributed by atoms with Crippen LogP contribution in [0.1, 0.15) is 0 Å². The van der Waals surface area contributed by atoms with E-state index in [1.54, 1.807) is 0 Å². The molecule has 0 heterocycles. The van der Waals surface area contributed by atoms with E-state index < -0.39 is 17.2 Å². The van der Waals surface area contributed by atoms with Gasteiger partial charge < -0.3 is 23.9 Å². The Balaban J connectivity index is -0.0000000300. The number of hydrogen-bond acceptors (Lipinski definition) is 5. The molecule has 11 heavy (non-hydrogen) atoms. The summed E-state index contributed by atoms with van der Waals surface area (Å²) in [5, 5.41) is 0. The molecule has 0 N–H and O–H groups in total. The first-order valence-electron chi connectivity index (χ1n) is 1.10. The van der Waals surface area contributed by atoms with Gasteiger partial charge in [0.15, 0.2) is 0 Å². The zero-order valence-electron chi connectivity index (χ0n) is 4.14. The Labute approximate surface area is 109 Å². The molecule has 0 rings (SSSR count). The summed E-state index contributed by atoms with van der Waals surface area (Å²) >= 11 is 0. The Bertz CT molecular complexity index is 45.7. The van der Waals surface area contributed by atoms with Crippen molar-refractivity contribution in [3.63, 3.8) is 0 Å². The van der Waals surface area contributed by atoms with Crippen molar-refractivity contribution in [2.45, 2.75) is 0 Å². The fraction of sp³-hybridized carbons (Fsp3) is 0. The van der Waals surface area contributed by atoms with Crippen molar-refractivity contribution in [1.82, 2.24) is 0 Å². The van der Waals surface area contributed by atoms with Gasteiger partial charge in [-0.25, -0.2) is 0 Å². The van der Waals surface area contributed by atoms with Crippen molar-refractivity contribution >= 4 is 17.2 Å². The summed E-state index contributed by atoms with van der Waals surface area (Å²) in [7, 11) is -6.47. The molecule has 0 saturated carbocycles. The molecular weight excluding hydrogens is 396 g/mol. The van der Waals surface area contributed by atoms with Crippen molar-refractivity contribution in [2.24, 2.45) is 0 Å². The van der Waals surface area contributed by atoms with E-state index in [0.717, 1.165) is 0 Å². The molecule has 11 heteroatoms. The van der Waals surface area contributed by atoms with Gasteiger partial charge in [0.25, 0.3) is 0 Å². The Morgan fingerprint density at radius 2 is 0.818 bits per heavy atom. The largest absolute Gasteiger partial charge is 1.00 e. The molecular formula is Cu4O5P2. The molecule has 0 bridgehead atoms. The number of hydrogen-bond donors (Lipinski definition) is 0. The summed E-state index contributed by atoms with van der Waals surface area (Å²) in [6.07, 6.45) is 0. The van der Waals surface area contributed by atoms with E-state index >= 15 is 0 Å². The fourth-order valence-electron chi connectivity index (χ4n) is 0.0544. The second-order valence-corrected chi connectivity index (χ2v) is 2.08. The van der Waals surface area contributed by atoms with Gasteiger partial charge >= 0.3 is 68.3 Å². The average Bonchev–Trinajstić information content (AvgIpc) is 1.27. The molecule has 0 aliphatic rings. The van der Waals surface area contributed by atoms with E-state index in [1.165, 1.54) is 0 Å². The first-order chi connectivity index (χ1) is 3.13. The molecule has 5 nitrogen and oxygen atoms in total. The van der Waals surface area contributed by atoms with E-state index in [0.29, 0.717) is 0 Å². The smallest absolute Gasteiger partial charge is 0.820 e. The summed E-state index contributed by atoms with van der Waals surface area (Å²) in [4.78, 5) is 37.0. The van der Waals surface area contributed by atoms with Gasteiger partial charge in [0.05, 0.1) is 0 Å². The van der Waals surface area contributed by atoms with Crippen LogP contribution in [-0.2, 0) is 72.6 Å². The van der Waals surface area contributed by atoms with E-state index in [4.69, 9.17) is 0 Å². The molecule has 0 aromatic heterocycles. The van der Waals surface area contributed by atoms with Gasteiger partial charge in [-0.2, -0.15) is 17.2 Å². The molecule has 0 aliphatic carbocycles. The van der Waals surface area contributed by atoms with Crippen LogP contribution in [0.15, 0.2) is 0 Å². The molecule has 0 aliphatic heterocycles. The molecule has 0 aromatic carbocycles. The third-order valence-electron chi connectivity index (χ3n) is 0.133. The van der Waals surface area contributed by atoms with Gasteiger partial charge in [0.2, 0.25) is 0 Å². The van der Waals surface area contributed by atoms with Crippen molar-refractivity contribution in [1.29, 1.82) is 0 Å². The Morgan fingerprint density at radius 1 is 0.636 bits per heavy atom. The van der Waals surface area contributed by atoms with Gasteiger partial charge in [-0.05, 0) is 0 Å². The Hall–Kier alpha value is 2.74. The van der Waals surface area contributed by atoms with Gasteiger partial charge in [-0.3, -0.25) is 0 Å². The maximum Gasteiger partial charge on any atom is 1.00 e. The molecule has 84 valence electrons. The van der Waals surface area contributed by atoms with Gasteiger partial charge in [0, 0.05) is 0 Å². The molecule has 0 unspecified atom stereocenters.